The van der Waals surface area contributed by atoms with Crippen LogP contribution < -0.4 is 0 Å². The van der Waals surface area contributed by atoms with Crippen molar-refractivity contribution in [2.24, 2.45) is 0 Å². The predicted octanol–water partition coefficient (Wildman–Crippen LogP) is 5.02. The number of aliphatic hydroxyl groups excluding tert-OH is 1. The first-order valence-corrected chi connectivity index (χ1v) is 6.99. The Kier molecular flexibility index (Phi) is 3.70. The number of hydrogen-bond acceptors (Lipinski definition) is 2. The Labute approximate surface area is 126 Å². The Morgan fingerprint density at radius 1 is 1.05 bits per heavy atom. The SMILES string of the molecule is OC(Cc1cc(Cl)ccc1Cl)c1cc2ccccc2o1. The Bertz CT molecular complexity index is 716. The van der Waals surface area contributed by atoms with Crippen molar-refractivity contribution in [3.63, 3.8) is 0 Å². The van der Waals surface area contributed by atoms with Crippen molar-refractivity contribution in [3.8, 4) is 0 Å². The first kappa shape index (κ1) is 13.5. The largest absolute Gasteiger partial charge is 0.458 e. The molecule has 1 unspecified atom stereocenters. The Hall–Kier alpha value is -1.48. The van der Waals surface area contributed by atoms with Gasteiger partial charge in [0, 0.05) is 21.9 Å². The summed E-state index contributed by atoms with van der Waals surface area (Å²) in [6, 6.07) is 14.7. The molecule has 0 aliphatic carbocycles. The number of hydrogen-bond donors (Lipinski definition) is 1. The third-order valence-electron chi connectivity index (χ3n) is 3.19. The summed E-state index contributed by atoms with van der Waals surface area (Å²) >= 11 is 12.1. The van der Waals surface area contributed by atoms with E-state index in [1.807, 2.05) is 30.3 Å². The summed E-state index contributed by atoms with van der Waals surface area (Å²) in [6.07, 6.45) is -0.391. The highest BCUT2D eigenvalue weighted by Gasteiger charge is 2.15. The molecule has 0 bridgehead atoms. The highest BCUT2D eigenvalue weighted by Crippen LogP contribution is 2.29. The Morgan fingerprint density at radius 2 is 1.85 bits per heavy atom. The maximum Gasteiger partial charge on any atom is 0.134 e. The van der Waals surface area contributed by atoms with Crippen molar-refractivity contribution < 1.29 is 9.52 Å². The second-order valence-corrected chi connectivity index (χ2v) is 5.49. The predicted molar refractivity (Wildman–Crippen MR) is 81.3 cm³/mol. The third kappa shape index (κ3) is 2.68. The number of rotatable bonds is 3. The van der Waals surface area contributed by atoms with E-state index in [9.17, 15) is 5.11 Å². The third-order valence-corrected chi connectivity index (χ3v) is 3.80. The number of halogens is 2. The van der Waals surface area contributed by atoms with Crippen LogP contribution in [0.15, 0.2) is 52.9 Å². The summed E-state index contributed by atoms with van der Waals surface area (Å²) in [5, 5.41) is 12.5. The quantitative estimate of drug-likeness (QED) is 0.737. The smallest absolute Gasteiger partial charge is 0.134 e. The van der Waals surface area contributed by atoms with Crippen molar-refractivity contribution in [1.82, 2.24) is 0 Å². The Morgan fingerprint density at radius 3 is 2.65 bits per heavy atom. The van der Waals surface area contributed by atoms with E-state index in [1.54, 1.807) is 18.2 Å². The zero-order chi connectivity index (χ0) is 14.1. The van der Waals surface area contributed by atoms with Crippen LogP contribution in [-0.4, -0.2) is 5.11 Å². The van der Waals surface area contributed by atoms with Crippen LogP contribution in [-0.2, 0) is 6.42 Å². The van der Waals surface area contributed by atoms with Crippen LogP contribution in [0.2, 0.25) is 10.0 Å². The summed E-state index contributed by atoms with van der Waals surface area (Å²) in [7, 11) is 0. The minimum atomic E-state index is -0.752. The van der Waals surface area contributed by atoms with Gasteiger partial charge >= 0.3 is 0 Å². The fourth-order valence-corrected chi connectivity index (χ4v) is 2.56. The van der Waals surface area contributed by atoms with E-state index < -0.39 is 6.10 Å². The number of aliphatic hydroxyl groups is 1. The molecular formula is C16H12Cl2O2. The van der Waals surface area contributed by atoms with Crippen LogP contribution in [0.4, 0.5) is 0 Å². The van der Waals surface area contributed by atoms with E-state index >= 15 is 0 Å². The number of para-hydroxylation sites is 1. The van der Waals surface area contributed by atoms with Gasteiger partial charge in [0.1, 0.15) is 17.4 Å². The van der Waals surface area contributed by atoms with Gasteiger partial charge in [0.05, 0.1) is 0 Å². The lowest BCUT2D eigenvalue weighted by atomic mass is 10.1. The highest BCUT2D eigenvalue weighted by atomic mass is 35.5. The molecule has 1 N–H and O–H groups in total. The lowest BCUT2D eigenvalue weighted by Crippen LogP contribution is -2.01. The fourth-order valence-electron chi connectivity index (χ4n) is 2.18. The van der Waals surface area contributed by atoms with Crippen molar-refractivity contribution >= 4 is 34.2 Å². The second-order valence-electron chi connectivity index (χ2n) is 4.64. The molecule has 2 aromatic carbocycles. The van der Waals surface area contributed by atoms with E-state index in [0.29, 0.717) is 22.2 Å². The van der Waals surface area contributed by atoms with E-state index in [-0.39, 0.29) is 0 Å². The molecule has 0 spiro atoms. The highest BCUT2D eigenvalue weighted by molar-refractivity contribution is 6.33. The van der Waals surface area contributed by atoms with Crippen LogP contribution in [0.1, 0.15) is 17.4 Å². The molecule has 0 radical (unpaired) electrons. The molecule has 3 rings (SSSR count). The van der Waals surface area contributed by atoms with E-state index in [2.05, 4.69) is 0 Å². The first-order chi connectivity index (χ1) is 9.63. The number of fused-ring (bicyclic) bond motifs is 1. The van der Waals surface area contributed by atoms with Gasteiger partial charge in [-0.2, -0.15) is 0 Å². The molecule has 1 aromatic heterocycles. The monoisotopic (exact) mass is 306 g/mol. The summed E-state index contributed by atoms with van der Waals surface area (Å²) in [5.41, 5.74) is 1.56. The average Bonchev–Trinajstić information content (AvgIpc) is 2.87. The molecular weight excluding hydrogens is 295 g/mol. The summed E-state index contributed by atoms with van der Waals surface area (Å²) in [4.78, 5) is 0. The number of benzene rings is 2. The zero-order valence-electron chi connectivity index (χ0n) is 10.5. The van der Waals surface area contributed by atoms with Gasteiger partial charge in [-0.15, -0.1) is 0 Å². The second kappa shape index (κ2) is 5.49. The normalized spacial score (nSPS) is 12.8. The standard InChI is InChI=1S/C16H12Cl2O2/c17-12-5-6-13(18)11(7-12)8-14(19)16-9-10-3-1-2-4-15(10)20-16/h1-7,9,14,19H,8H2. The molecule has 20 heavy (non-hydrogen) atoms. The molecule has 102 valence electrons. The van der Waals surface area contributed by atoms with E-state index in [0.717, 1.165) is 16.5 Å². The van der Waals surface area contributed by atoms with Gasteiger partial charge in [-0.25, -0.2) is 0 Å². The molecule has 0 saturated heterocycles. The maximum absolute atomic E-state index is 10.3. The summed E-state index contributed by atoms with van der Waals surface area (Å²) in [5.74, 6) is 0.530. The van der Waals surface area contributed by atoms with Gasteiger partial charge < -0.3 is 9.52 Å². The molecule has 0 aliphatic heterocycles. The lowest BCUT2D eigenvalue weighted by Gasteiger charge is -2.09. The van der Waals surface area contributed by atoms with Gasteiger partial charge in [0.2, 0.25) is 0 Å². The minimum absolute atomic E-state index is 0.360. The molecule has 4 heteroatoms. The van der Waals surface area contributed by atoms with Gasteiger partial charge in [0.25, 0.3) is 0 Å². The molecule has 1 heterocycles. The van der Waals surface area contributed by atoms with Gasteiger partial charge in [-0.1, -0.05) is 41.4 Å². The summed E-state index contributed by atoms with van der Waals surface area (Å²) < 4.78 is 5.65. The summed E-state index contributed by atoms with van der Waals surface area (Å²) in [6.45, 7) is 0. The molecule has 0 saturated carbocycles. The van der Waals surface area contributed by atoms with Gasteiger partial charge in [0.15, 0.2) is 0 Å². The van der Waals surface area contributed by atoms with Gasteiger partial charge in [-0.05, 0) is 35.9 Å². The van der Waals surface area contributed by atoms with Crippen LogP contribution >= 0.6 is 23.2 Å². The molecule has 0 amide bonds. The maximum atomic E-state index is 10.3. The number of furan rings is 1. The lowest BCUT2D eigenvalue weighted by molar-refractivity contribution is 0.152. The molecule has 1 atom stereocenters. The molecule has 3 aromatic rings. The zero-order valence-corrected chi connectivity index (χ0v) is 12.0. The van der Waals surface area contributed by atoms with Crippen LogP contribution in [0.25, 0.3) is 11.0 Å². The Balaban J connectivity index is 1.88. The van der Waals surface area contributed by atoms with Gasteiger partial charge in [-0.3, -0.25) is 0 Å². The van der Waals surface area contributed by atoms with Crippen molar-refractivity contribution in [2.45, 2.75) is 12.5 Å². The van der Waals surface area contributed by atoms with Crippen LogP contribution in [0.5, 0.6) is 0 Å². The molecule has 0 fully saturated rings. The van der Waals surface area contributed by atoms with Crippen molar-refractivity contribution in [3.05, 3.63) is 69.9 Å². The topological polar surface area (TPSA) is 33.4 Å². The average molecular weight is 307 g/mol. The first-order valence-electron chi connectivity index (χ1n) is 6.24. The van der Waals surface area contributed by atoms with Crippen LogP contribution in [0, 0.1) is 0 Å². The van der Waals surface area contributed by atoms with E-state index in [4.69, 9.17) is 27.6 Å². The molecule has 2 nitrogen and oxygen atoms in total. The van der Waals surface area contributed by atoms with Crippen molar-refractivity contribution in [1.29, 1.82) is 0 Å². The minimum Gasteiger partial charge on any atom is -0.458 e. The fraction of sp³-hybridized carbons (Fsp3) is 0.125. The van der Waals surface area contributed by atoms with E-state index in [1.165, 1.54) is 0 Å². The molecule has 0 aliphatic rings. The van der Waals surface area contributed by atoms with Crippen LogP contribution in [0.3, 0.4) is 0 Å². The van der Waals surface area contributed by atoms with Crippen molar-refractivity contribution in [2.75, 3.05) is 0 Å².